The average molecular weight is 341 g/mol. The quantitative estimate of drug-likeness (QED) is 0.360. The van der Waals surface area contributed by atoms with Crippen molar-refractivity contribution in [2.45, 2.75) is 58.4 Å². The Bertz CT molecular complexity index is 612. The molecule has 136 valence electrons. The van der Waals surface area contributed by atoms with Crippen molar-refractivity contribution in [3.8, 4) is 11.5 Å². The molecule has 0 fully saturated rings. The number of phenolic OH excluding ortho intramolecular Hbond substituents is 1. The first-order valence-corrected chi connectivity index (χ1v) is 9.53. The molecule has 0 atom stereocenters. The molecule has 0 aromatic heterocycles. The molecule has 25 heavy (non-hydrogen) atoms. The minimum Gasteiger partial charge on any atom is -0.506 e. The maximum atomic E-state index is 9.79. The Morgan fingerprint density at radius 3 is 2.44 bits per heavy atom. The molecule has 3 nitrogen and oxygen atoms in total. The van der Waals surface area contributed by atoms with Crippen molar-refractivity contribution in [1.29, 1.82) is 0 Å². The van der Waals surface area contributed by atoms with Crippen LogP contribution in [0.15, 0.2) is 48.5 Å². The molecule has 0 spiro atoms. The lowest BCUT2D eigenvalue weighted by molar-refractivity contribution is 0.304. The van der Waals surface area contributed by atoms with Crippen molar-refractivity contribution in [1.82, 2.24) is 0 Å². The Hall–Kier alpha value is -2.16. The molecule has 0 unspecified atom stereocenters. The molecule has 0 saturated carbocycles. The van der Waals surface area contributed by atoms with Gasteiger partial charge in [0.1, 0.15) is 11.5 Å². The maximum absolute atomic E-state index is 9.79. The van der Waals surface area contributed by atoms with Crippen LogP contribution >= 0.6 is 0 Å². The average Bonchev–Trinajstić information content (AvgIpc) is 2.64. The van der Waals surface area contributed by atoms with E-state index in [0.29, 0.717) is 6.54 Å². The summed E-state index contributed by atoms with van der Waals surface area (Å²) in [4.78, 5) is 0. The van der Waals surface area contributed by atoms with Gasteiger partial charge in [0.05, 0.1) is 12.3 Å². The molecule has 3 heteroatoms. The highest BCUT2D eigenvalue weighted by Crippen LogP contribution is 2.23. The number of para-hydroxylation sites is 2. The van der Waals surface area contributed by atoms with Crippen molar-refractivity contribution in [2.24, 2.45) is 0 Å². The lowest BCUT2D eigenvalue weighted by Gasteiger charge is -2.10. The van der Waals surface area contributed by atoms with Crippen LogP contribution in [0, 0.1) is 0 Å². The first kappa shape index (κ1) is 19.2. The Labute approximate surface area is 152 Å². The third-order valence-electron chi connectivity index (χ3n) is 4.30. The van der Waals surface area contributed by atoms with Gasteiger partial charge >= 0.3 is 0 Å². The first-order chi connectivity index (χ1) is 12.3. The summed E-state index contributed by atoms with van der Waals surface area (Å²) in [6, 6.07) is 15.4. The monoisotopic (exact) mass is 341 g/mol. The van der Waals surface area contributed by atoms with E-state index in [4.69, 9.17) is 4.74 Å². The molecule has 2 N–H and O–H groups in total. The van der Waals surface area contributed by atoms with E-state index in [2.05, 4.69) is 24.4 Å². The fourth-order valence-electron chi connectivity index (χ4n) is 2.81. The minimum absolute atomic E-state index is 0.272. The van der Waals surface area contributed by atoms with E-state index in [1.165, 1.54) is 38.5 Å². The van der Waals surface area contributed by atoms with Crippen LogP contribution in [0.5, 0.6) is 11.5 Å². The van der Waals surface area contributed by atoms with Gasteiger partial charge in [0.2, 0.25) is 0 Å². The van der Waals surface area contributed by atoms with E-state index < -0.39 is 0 Å². The van der Waals surface area contributed by atoms with Gasteiger partial charge in [0, 0.05) is 6.54 Å². The number of rotatable bonds is 12. The molecule has 0 bridgehead atoms. The lowest BCUT2D eigenvalue weighted by Crippen LogP contribution is -2.01. The van der Waals surface area contributed by atoms with Gasteiger partial charge in [-0.15, -0.1) is 0 Å². The molecule has 2 aromatic rings. The summed E-state index contributed by atoms with van der Waals surface area (Å²) in [5, 5.41) is 13.0. The first-order valence-electron chi connectivity index (χ1n) is 9.53. The lowest BCUT2D eigenvalue weighted by atomic mass is 10.1. The topological polar surface area (TPSA) is 41.5 Å². The second kappa shape index (κ2) is 11.4. The summed E-state index contributed by atoms with van der Waals surface area (Å²) in [5.41, 5.74) is 1.89. The second-order valence-electron chi connectivity index (χ2n) is 6.49. The van der Waals surface area contributed by atoms with Crippen LogP contribution in [0.2, 0.25) is 0 Å². The Morgan fingerprint density at radius 2 is 1.64 bits per heavy atom. The fourth-order valence-corrected chi connectivity index (χ4v) is 2.81. The largest absolute Gasteiger partial charge is 0.506 e. The Balaban J connectivity index is 1.67. The molecule has 0 aliphatic carbocycles. The predicted octanol–water partition coefficient (Wildman–Crippen LogP) is 6.13. The molecule has 0 radical (unpaired) electrons. The molecule has 2 aromatic carbocycles. The van der Waals surface area contributed by atoms with Gasteiger partial charge in [-0.3, -0.25) is 0 Å². The Morgan fingerprint density at radius 1 is 0.880 bits per heavy atom. The zero-order chi connectivity index (χ0) is 17.7. The number of unbranched alkanes of at least 4 members (excludes halogenated alkanes) is 6. The van der Waals surface area contributed by atoms with Gasteiger partial charge in [-0.25, -0.2) is 0 Å². The molecule has 0 saturated heterocycles. The summed E-state index contributed by atoms with van der Waals surface area (Å²) < 4.78 is 5.87. The summed E-state index contributed by atoms with van der Waals surface area (Å²) in [5.74, 6) is 1.19. The van der Waals surface area contributed by atoms with Crippen molar-refractivity contribution in [3.05, 3.63) is 54.1 Å². The summed E-state index contributed by atoms with van der Waals surface area (Å²) in [6.07, 6.45) is 9.06. The van der Waals surface area contributed by atoms with Crippen LogP contribution in [-0.2, 0) is 6.54 Å². The number of benzene rings is 2. The molecular formula is C22H31NO2. The highest BCUT2D eigenvalue weighted by atomic mass is 16.5. The van der Waals surface area contributed by atoms with Gasteiger partial charge in [-0.2, -0.15) is 0 Å². The number of hydrogen-bond acceptors (Lipinski definition) is 3. The highest BCUT2D eigenvalue weighted by molar-refractivity contribution is 5.55. The summed E-state index contributed by atoms with van der Waals surface area (Å²) >= 11 is 0. The predicted molar refractivity (Wildman–Crippen MR) is 105 cm³/mol. The van der Waals surface area contributed by atoms with Crippen molar-refractivity contribution in [3.63, 3.8) is 0 Å². The standard InChI is InChI=1S/C22H31NO2/c1-2-3-4-5-6-7-10-16-25-20-13-11-12-19(17-20)18-23-21-14-8-9-15-22(21)24/h8-9,11-15,17,23-24H,2-7,10,16,18H2,1H3. The van der Waals surface area contributed by atoms with Crippen molar-refractivity contribution in [2.75, 3.05) is 11.9 Å². The summed E-state index contributed by atoms with van der Waals surface area (Å²) in [7, 11) is 0. The van der Waals surface area contributed by atoms with E-state index >= 15 is 0 Å². The van der Waals surface area contributed by atoms with Crippen LogP contribution in [0.1, 0.15) is 57.4 Å². The van der Waals surface area contributed by atoms with Gasteiger partial charge in [-0.05, 0) is 36.2 Å². The molecule has 2 rings (SSSR count). The van der Waals surface area contributed by atoms with Crippen LogP contribution in [0.4, 0.5) is 5.69 Å². The normalized spacial score (nSPS) is 10.6. The van der Waals surface area contributed by atoms with E-state index in [-0.39, 0.29) is 5.75 Å². The van der Waals surface area contributed by atoms with E-state index in [1.807, 2.05) is 30.3 Å². The number of nitrogens with one attached hydrogen (secondary N) is 1. The zero-order valence-electron chi connectivity index (χ0n) is 15.3. The number of anilines is 1. The van der Waals surface area contributed by atoms with E-state index in [0.717, 1.165) is 30.0 Å². The molecular weight excluding hydrogens is 310 g/mol. The van der Waals surface area contributed by atoms with Crippen LogP contribution in [0.25, 0.3) is 0 Å². The third-order valence-corrected chi connectivity index (χ3v) is 4.30. The van der Waals surface area contributed by atoms with Crippen LogP contribution < -0.4 is 10.1 Å². The molecule has 0 heterocycles. The minimum atomic E-state index is 0.272. The van der Waals surface area contributed by atoms with Gasteiger partial charge in [-0.1, -0.05) is 69.7 Å². The van der Waals surface area contributed by atoms with Crippen molar-refractivity contribution < 1.29 is 9.84 Å². The third kappa shape index (κ3) is 7.51. The van der Waals surface area contributed by atoms with E-state index in [9.17, 15) is 5.11 Å². The number of hydrogen-bond donors (Lipinski definition) is 2. The molecule has 0 amide bonds. The maximum Gasteiger partial charge on any atom is 0.138 e. The van der Waals surface area contributed by atoms with Gasteiger partial charge in [0.25, 0.3) is 0 Å². The number of phenols is 1. The fraction of sp³-hybridized carbons (Fsp3) is 0.455. The Kier molecular flexibility index (Phi) is 8.74. The van der Waals surface area contributed by atoms with Crippen LogP contribution in [-0.4, -0.2) is 11.7 Å². The smallest absolute Gasteiger partial charge is 0.138 e. The second-order valence-corrected chi connectivity index (χ2v) is 6.49. The number of ether oxygens (including phenoxy) is 1. The van der Waals surface area contributed by atoms with Crippen molar-refractivity contribution >= 4 is 5.69 Å². The molecule has 0 aliphatic heterocycles. The van der Waals surface area contributed by atoms with E-state index in [1.54, 1.807) is 6.07 Å². The zero-order valence-corrected chi connectivity index (χ0v) is 15.3. The van der Waals surface area contributed by atoms with Gasteiger partial charge in [0.15, 0.2) is 0 Å². The SMILES string of the molecule is CCCCCCCCCOc1cccc(CNc2ccccc2O)c1. The number of aromatic hydroxyl groups is 1. The highest BCUT2D eigenvalue weighted by Gasteiger charge is 2.01. The summed E-state index contributed by atoms with van der Waals surface area (Å²) in [6.45, 7) is 3.69. The molecule has 0 aliphatic rings. The van der Waals surface area contributed by atoms with Crippen LogP contribution in [0.3, 0.4) is 0 Å². The van der Waals surface area contributed by atoms with Gasteiger partial charge < -0.3 is 15.2 Å².